The zero-order chi connectivity index (χ0) is 26.5. The predicted octanol–water partition coefficient (Wildman–Crippen LogP) is 9.06. The highest BCUT2D eigenvalue weighted by Crippen LogP contribution is 2.38. The molecule has 0 saturated carbocycles. The molecule has 4 heteroatoms. The van der Waals surface area contributed by atoms with Gasteiger partial charge in [0.05, 0.1) is 22.6 Å². The van der Waals surface area contributed by atoms with Crippen molar-refractivity contribution in [2.45, 2.75) is 0 Å². The van der Waals surface area contributed by atoms with E-state index in [1.807, 2.05) is 24.4 Å². The molecule has 0 aliphatic heterocycles. The van der Waals surface area contributed by atoms with E-state index in [-0.39, 0.29) is 0 Å². The lowest BCUT2D eigenvalue weighted by atomic mass is 10.0. The smallest absolute Gasteiger partial charge is 0.147 e. The van der Waals surface area contributed by atoms with Gasteiger partial charge in [0.2, 0.25) is 0 Å². The summed E-state index contributed by atoms with van der Waals surface area (Å²) in [5.74, 6) is 1.02. The quantitative estimate of drug-likeness (QED) is 0.256. The summed E-state index contributed by atoms with van der Waals surface area (Å²) >= 11 is 0. The van der Waals surface area contributed by atoms with Crippen LogP contribution in [0.4, 0.5) is 0 Å². The number of benzene rings is 4. The van der Waals surface area contributed by atoms with Crippen molar-refractivity contribution in [3.05, 3.63) is 140 Å². The van der Waals surface area contributed by atoms with E-state index in [2.05, 4.69) is 130 Å². The molecule has 0 radical (unpaired) electrons. The van der Waals surface area contributed by atoms with Gasteiger partial charge in [-0.15, -0.1) is 0 Å². The van der Waals surface area contributed by atoms with Crippen LogP contribution in [0, 0.1) is 0 Å². The highest BCUT2D eigenvalue weighted by atomic mass is 15.1. The fraction of sp³-hybridized carbons (Fsp3) is 0. The second kappa shape index (κ2) is 9.07. The minimum atomic E-state index is 0.925. The van der Waals surface area contributed by atoms with Gasteiger partial charge < -0.3 is 4.98 Å². The molecule has 4 aromatic heterocycles. The summed E-state index contributed by atoms with van der Waals surface area (Å²) in [6, 6.07) is 46.4. The monoisotopic (exact) mass is 512 g/mol. The van der Waals surface area contributed by atoms with Crippen LogP contribution in [0.1, 0.15) is 0 Å². The Balaban J connectivity index is 1.39. The average molecular weight is 513 g/mol. The van der Waals surface area contributed by atoms with Crippen LogP contribution in [-0.4, -0.2) is 19.5 Å². The van der Waals surface area contributed by atoms with Crippen LogP contribution in [0.25, 0.3) is 72.3 Å². The third-order valence-electron chi connectivity index (χ3n) is 7.62. The molecule has 40 heavy (non-hydrogen) atoms. The Labute approximate surface area is 231 Å². The molecule has 8 rings (SSSR count). The second-order valence-electron chi connectivity index (χ2n) is 9.98. The Morgan fingerprint density at radius 2 is 1.20 bits per heavy atom. The molecule has 1 N–H and O–H groups in total. The lowest BCUT2D eigenvalue weighted by Crippen LogP contribution is -1.97. The number of pyridine rings is 2. The molecule has 4 nitrogen and oxygen atoms in total. The second-order valence-corrected chi connectivity index (χ2v) is 9.98. The summed E-state index contributed by atoms with van der Waals surface area (Å²) in [5.41, 5.74) is 8.32. The fourth-order valence-electron chi connectivity index (χ4n) is 5.77. The van der Waals surface area contributed by atoms with E-state index in [1.165, 1.54) is 10.8 Å². The molecule has 0 spiro atoms. The lowest BCUT2D eigenvalue weighted by Gasteiger charge is -2.08. The number of hydrogen-bond acceptors (Lipinski definition) is 2. The van der Waals surface area contributed by atoms with E-state index in [4.69, 9.17) is 4.98 Å². The molecule has 0 aliphatic rings. The van der Waals surface area contributed by atoms with Crippen molar-refractivity contribution in [3.8, 4) is 39.6 Å². The number of hydrogen-bond donors (Lipinski definition) is 1. The van der Waals surface area contributed by atoms with Gasteiger partial charge in [0.15, 0.2) is 0 Å². The van der Waals surface area contributed by atoms with Crippen LogP contribution < -0.4 is 0 Å². The summed E-state index contributed by atoms with van der Waals surface area (Å²) in [6.45, 7) is 0. The third-order valence-corrected chi connectivity index (χ3v) is 7.62. The van der Waals surface area contributed by atoms with E-state index in [1.54, 1.807) is 0 Å². The molecular formula is C36H24N4. The van der Waals surface area contributed by atoms with Crippen LogP contribution in [0.3, 0.4) is 0 Å². The van der Waals surface area contributed by atoms with Crippen molar-refractivity contribution in [3.63, 3.8) is 0 Å². The largest absolute Gasteiger partial charge is 0.340 e. The van der Waals surface area contributed by atoms with Crippen molar-refractivity contribution in [1.82, 2.24) is 19.5 Å². The van der Waals surface area contributed by atoms with Crippen molar-refractivity contribution in [2.75, 3.05) is 0 Å². The van der Waals surface area contributed by atoms with Gasteiger partial charge >= 0.3 is 0 Å². The molecule has 0 saturated heterocycles. The van der Waals surface area contributed by atoms with Crippen molar-refractivity contribution >= 4 is 32.7 Å². The van der Waals surface area contributed by atoms with Crippen LogP contribution in [0.2, 0.25) is 0 Å². The molecule has 0 fully saturated rings. The van der Waals surface area contributed by atoms with E-state index in [0.29, 0.717) is 0 Å². The molecule has 0 aliphatic carbocycles. The minimum absolute atomic E-state index is 0.925. The van der Waals surface area contributed by atoms with Gasteiger partial charge in [0, 0.05) is 38.9 Å². The van der Waals surface area contributed by atoms with Gasteiger partial charge in [-0.25, -0.2) is 4.98 Å². The number of para-hydroxylation sites is 1. The standard InChI is InChI=1S/C36H24N4/c1-2-11-24(12-3-1)34-28-16-4-5-17-29(28)36(39-34)40-33-19-7-6-15-27(33)30-20-21-32(38-35(30)40)26-14-10-13-25(23-26)31-18-8-9-22-37-31/h1-23,39H. The predicted molar refractivity (Wildman–Crippen MR) is 165 cm³/mol. The van der Waals surface area contributed by atoms with Gasteiger partial charge in [-0.1, -0.05) is 97.1 Å². The number of fused-ring (bicyclic) bond motifs is 4. The van der Waals surface area contributed by atoms with E-state index >= 15 is 0 Å². The number of nitrogens with zero attached hydrogens (tertiary/aromatic N) is 3. The molecular weight excluding hydrogens is 488 g/mol. The summed E-state index contributed by atoms with van der Waals surface area (Å²) in [4.78, 5) is 13.6. The summed E-state index contributed by atoms with van der Waals surface area (Å²) in [5, 5.41) is 4.65. The Morgan fingerprint density at radius 1 is 0.500 bits per heavy atom. The first-order valence-corrected chi connectivity index (χ1v) is 13.4. The SMILES string of the molecule is c1ccc(-c2[nH]c(-n3c4ccccc4c4ccc(-c5cccc(-c6ccccn6)c5)nc43)c3ccccc23)cc1. The number of H-pyrrole nitrogens is 1. The van der Waals surface area contributed by atoms with E-state index in [9.17, 15) is 0 Å². The van der Waals surface area contributed by atoms with Crippen LogP contribution in [0.5, 0.6) is 0 Å². The Bertz CT molecular complexity index is 2150. The molecule has 0 bridgehead atoms. The molecule has 0 amide bonds. The maximum absolute atomic E-state index is 5.31. The van der Waals surface area contributed by atoms with Crippen molar-refractivity contribution in [2.24, 2.45) is 0 Å². The molecule has 188 valence electrons. The highest BCUT2D eigenvalue weighted by Gasteiger charge is 2.19. The highest BCUT2D eigenvalue weighted by molar-refractivity contribution is 6.10. The molecule has 0 atom stereocenters. The van der Waals surface area contributed by atoms with Crippen molar-refractivity contribution < 1.29 is 0 Å². The Morgan fingerprint density at radius 3 is 2.02 bits per heavy atom. The maximum atomic E-state index is 5.31. The molecule has 4 aromatic carbocycles. The fourth-order valence-corrected chi connectivity index (χ4v) is 5.77. The maximum Gasteiger partial charge on any atom is 0.147 e. The van der Waals surface area contributed by atoms with Crippen molar-refractivity contribution in [1.29, 1.82) is 0 Å². The number of nitrogens with one attached hydrogen (secondary N) is 1. The normalized spacial score (nSPS) is 11.5. The number of aromatic nitrogens is 4. The van der Waals surface area contributed by atoms with E-state index < -0.39 is 0 Å². The van der Waals surface area contributed by atoms with Gasteiger partial charge in [-0.2, -0.15) is 0 Å². The topological polar surface area (TPSA) is 46.5 Å². The zero-order valence-electron chi connectivity index (χ0n) is 21.6. The zero-order valence-corrected chi connectivity index (χ0v) is 21.6. The van der Waals surface area contributed by atoms with Crippen LogP contribution in [-0.2, 0) is 0 Å². The lowest BCUT2D eigenvalue weighted by molar-refractivity contribution is 1.09. The Hall–Kier alpha value is -5.48. The number of aromatic amines is 1. The molecule has 8 aromatic rings. The number of rotatable bonds is 4. The average Bonchev–Trinajstić information content (AvgIpc) is 3.57. The van der Waals surface area contributed by atoms with Gasteiger partial charge in [0.25, 0.3) is 0 Å². The first-order valence-electron chi connectivity index (χ1n) is 13.4. The van der Waals surface area contributed by atoms with Gasteiger partial charge in [0.1, 0.15) is 11.5 Å². The summed E-state index contributed by atoms with van der Waals surface area (Å²) < 4.78 is 2.28. The molecule has 4 heterocycles. The first-order chi connectivity index (χ1) is 19.8. The molecule has 0 unspecified atom stereocenters. The third kappa shape index (κ3) is 3.54. The van der Waals surface area contributed by atoms with Gasteiger partial charge in [-0.05, 0) is 42.0 Å². The minimum Gasteiger partial charge on any atom is -0.340 e. The first kappa shape index (κ1) is 22.5. The Kier molecular flexibility index (Phi) is 5.10. The summed E-state index contributed by atoms with van der Waals surface area (Å²) in [7, 11) is 0. The van der Waals surface area contributed by atoms with Crippen LogP contribution >= 0.6 is 0 Å². The van der Waals surface area contributed by atoms with E-state index in [0.717, 1.165) is 61.5 Å². The van der Waals surface area contributed by atoms with Crippen LogP contribution in [0.15, 0.2) is 140 Å². The van der Waals surface area contributed by atoms with Gasteiger partial charge in [-0.3, -0.25) is 9.55 Å². The summed E-state index contributed by atoms with van der Waals surface area (Å²) in [6.07, 6.45) is 1.83.